The third-order valence-corrected chi connectivity index (χ3v) is 9.29. The highest BCUT2D eigenvalue weighted by molar-refractivity contribution is 7.92. The van der Waals surface area contributed by atoms with Crippen molar-refractivity contribution in [2.45, 2.75) is 41.4 Å². The van der Waals surface area contributed by atoms with Crippen LogP contribution in [0.5, 0.6) is 0 Å². The van der Waals surface area contributed by atoms with E-state index >= 15 is 0 Å². The molecule has 2 aromatic rings. The maximum atomic E-state index is 13.6. The van der Waals surface area contributed by atoms with Gasteiger partial charge in [-0.15, -0.1) is 0 Å². The van der Waals surface area contributed by atoms with E-state index in [1.807, 2.05) is 0 Å². The number of anilines is 2. The molecule has 4 atom stereocenters. The van der Waals surface area contributed by atoms with Crippen molar-refractivity contribution in [1.29, 1.82) is 0 Å². The van der Waals surface area contributed by atoms with Gasteiger partial charge in [-0.2, -0.15) is 0 Å². The van der Waals surface area contributed by atoms with Crippen LogP contribution < -0.4 is 11.1 Å². The Balaban J connectivity index is 1.43. The van der Waals surface area contributed by atoms with E-state index in [-0.39, 0.29) is 39.3 Å². The minimum Gasteiger partial charge on any atom is -0.398 e. The number of hydrogen-bond donors (Lipinski definition) is 2. The molecular weight excluding hydrogens is 445 g/mol. The van der Waals surface area contributed by atoms with Crippen LogP contribution in [0.25, 0.3) is 0 Å². The van der Waals surface area contributed by atoms with Gasteiger partial charge in [-0.25, -0.2) is 21.6 Å². The zero-order chi connectivity index (χ0) is 22.8. The monoisotopic (exact) mass is 466 g/mol. The number of carbonyl (C=O) groups is 1. The fourth-order valence-corrected chi connectivity index (χ4v) is 7.82. The molecule has 2 bridgehead atoms. The minimum atomic E-state index is -3.83. The molecule has 3 fully saturated rings. The van der Waals surface area contributed by atoms with Crippen molar-refractivity contribution in [2.75, 3.05) is 17.7 Å². The average Bonchev–Trinajstić information content (AvgIpc) is 3.40. The maximum Gasteiger partial charge on any atom is 0.255 e. The number of ether oxygens (including phenoxy) is 1. The van der Waals surface area contributed by atoms with Crippen LogP contribution in [0.1, 0.15) is 36.0 Å². The van der Waals surface area contributed by atoms with E-state index in [4.69, 9.17) is 10.5 Å². The first-order chi connectivity index (χ1) is 15.1. The molecule has 1 heterocycles. The van der Waals surface area contributed by atoms with Crippen molar-refractivity contribution in [3.8, 4) is 0 Å². The molecule has 1 amide bonds. The highest BCUT2D eigenvalue weighted by atomic mass is 32.2. The van der Waals surface area contributed by atoms with Crippen molar-refractivity contribution in [1.82, 2.24) is 0 Å². The van der Waals surface area contributed by atoms with E-state index in [2.05, 4.69) is 5.32 Å². The second kappa shape index (κ2) is 7.21. The van der Waals surface area contributed by atoms with Crippen LogP contribution in [0.3, 0.4) is 0 Å². The van der Waals surface area contributed by atoms with Gasteiger partial charge in [-0.3, -0.25) is 4.79 Å². The summed E-state index contributed by atoms with van der Waals surface area (Å²) in [5.41, 5.74) is 5.51. The number of sulfone groups is 1. The number of nitrogen functional groups attached to an aromatic ring is 1. The summed E-state index contributed by atoms with van der Waals surface area (Å²) in [5.74, 6) is -5.41. The zero-order valence-electron chi connectivity index (χ0n) is 16.9. The second-order valence-electron chi connectivity index (χ2n) is 8.95. The Morgan fingerprint density at radius 3 is 2.22 bits per heavy atom. The molecule has 1 saturated heterocycles. The van der Waals surface area contributed by atoms with Crippen LogP contribution in [0.15, 0.2) is 35.2 Å². The van der Waals surface area contributed by atoms with Crippen LogP contribution >= 0.6 is 0 Å². The molecule has 2 saturated carbocycles. The third-order valence-electron chi connectivity index (χ3n) is 6.84. The predicted molar refractivity (Wildman–Crippen MR) is 110 cm³/mol. The second-order valence-corrected chi connectivity index (χ2v) is 11.0. The van der Waals surface area contributed by atoms with E-state index in [1.165, 1.54) is 18.2 Å². The molecule has 3 aliphatic rings. The molecule has 3 N–H and O–H groups in total. The number of halogens is 3. The van der Waals surface area contributed by atoms with Crippen molar-refractivity contribution in [3.05, 3.63) is 53.3 Å². The third kappa shape index (κ3) is 3.45. The summed E-state index contributed by atoms with van der Waals surface area (Å²) in [4.78, 5) is 12.5. The van der Waals surface area contributed by atoms with Crippen LogP contribution in [-0.4, -0.2) is 31.8 Å². The lowest BCUT2D eigenvalue weighted by atomic mass is 9.81. The SMILES string of the molecule is Nc1ccc(C(=O)Nc2cc(F)c(F)c(F)c2)cc1S(=O)(=O)C1C2CC[C@H]1C[C@]1(CO1)C2. The number of amides is 1. The Kier molecular flexibility index (Phi) is 4.79. The number of benzene rings is 2. The molecule has 2 unspecified atom stereocenters. The van der Waals surface area contributed by atoms with E-state index < -0.39 is 38.4 Å². The van der Waals surface area contributed by atoms with Gasteiger partial charge < -0.3 is 15.8 Å². The fraction of sp³-hybridized carbons (Fsp3) is 0.409. The number of fused-ring (bicyclic) bond motifs is 2. The standard InChI is InChI=1S/C22H21F3N2O4S/c23-15-6-14(7-16(24)19(15)25)27-21(28)11-3-4-17(26)18(5-11)32(29,30)20-12-1-2-13(20)9-22(8-12)10-31-22/h3-7,12-13,20H,1-2,8-10,26H2,(H,27,28)/t12-,13?,20?,22+/m0/s1. The van der Waals surface area contributed by atoms with Gasteiger partial charge in [-0.1, -0.05) is 0 Å². The Hall–Kier alpha value is -2.59. The van der Waals surface area contributed by atoms with Crippen molar-refractivity contribution in [2.24, 2.45) is 11.8 Å². The lowest BCUT2D eigenvalue weighted by molar-refractivity contribution is 0.102. The number of epoxide rings is 1. The summed E-state index contributed by atoms with van der Waals surface area (Å²) >= 11 is 0. The number of nitrogens with two attached hydrogens (primary N) is 1. The van der Waals surface area contributed by atoms with Gasteiger partial charge in [-0.05, 0) is 55.7 Å². The summed E-state index contributed by atoms with van der Waals surface area (Å²) in [6.07, 6.45) is 3.02. The number of nitrogens with one attached hydrogen (secondary N) is 1. The lowest BCUT2D eigenvalue weighted by Gasteiger charge is -2.33. The lowest BCUT2D eigenvalue weighted by Crippen LogP contribution is -2.40. The predicted octanol–water partition coefficient (Wildman–Crippen LogP) is 3.67. The normalized spacial score (nSPS) is 28.7. The van der Waals surface area contributed by atoms with Gasteiger partial charge in [0.1, 0.15) is 0 Å². The molecule has 0 aromatic heterocycles. The largest absolute Gasteiger partial charge is 0.398 e. The molecule has 10 heteroatoms. The van der Waals surface area contributed by atoms with Gasteiger partial charge >= 0.3 is 0 Å². The van der Waals surface area contributed by atoms with Crippen LogP contribution in [0.4, 0.5) is 24.5 Å². The summed E-state index contributed by atoms with van der Waals surface area (Å²) in [6, 6.07) is 5.11. The van der Waals surface area contributed by atoms with Crippen LogP contribution in [0, 0.1) is 29.3 Å². The summed E-state index contributed by atoms with van der Waals surface area (Å²) in [5, 5.41) is 1.67. The van der Waals surface area contributed by atoms with Gasteiger partial charge in [0.15, 0.2) is 27.3 Å². The first-order valence-corrected chi connectivity index (χ1v) is 11.9. The van der Waals surface area contributed by atoms with Crippen molar-refractivity contribution >= 4 is 27.1 Å². The zero-order valence-corrected chi connectivity index (χ0v) is 17.7. The van der Waals surface area contributed by atoms with E-state index in [0.717, 1.165) is 12.8 Å². The number of carbonyl (C=O) groups excluding carboxylic acids is 1. The Morgan fingerprint density at radius 1 is 1.06 bits per heavy atom. The molecule has 2 aliphatic carbocycles. The van der Waals surface area contributed by atoms with Gasteiger partial charge in [0.25, 0.3) is 5.91 Å². The smallest absolute Gasteiger partial charge is 0.255 e. The minimum absolute atomic E-state index is 0.0247. The molecule has 170 valence electrons. The van der Waals surface area contributed by atoms with Gasteiger partial charge in [0, 0.05) is 23.4 Å². The first kappa shape index (κ1) is 21.3. The maximum absolute atomic E-state index is 13.6. The molecule has 0 radical (unpaired) electrons. The molecule has 6 nitrogen and oxygen atoms in total. The van der Waals surface area contributed by atoms with Crippen molar-refractivity contribution in [3.63, 3.8) is 0 Å². The molecule has 1 spiro atoms. The summed E-state index contributed by atoms with van der Waals surface area (Å²) in [7, 11) is -3.83. The number of rotatable bonds is 4. The molecule has 5 rings (SSSR count). The molecule has 32 heavy (non-hydrogen) atoms. The van der Waals surface area contributed by atoms with E-state index in [9.17, 15) is 26.4 Å². The van der Waals surface area contributed by atoms with E-state index in [0.29, 0.717) is 31.6 Å². The first-order valence-electron chi connectivity index (χ1n) is 10.3. The molecular formula is C22H21F3N2O4S. The topological polar surface area (TPSA) is 102 Å². The highest BCUT2D eigenvalue weighted by Crippen LogP contribution is 2.56. The Morgan fingerprint density at radius 2 is 1.66 bits per heavy atom. The van der Waals surface area contributed by atoms with E-state index in [1.54, 1.807) is 0 Å². The Bertz CT molecular complexity index is 1190. The Labute approximate surface area is 182 Å². The summed E-state index contributed by atoms with van der Waals surface area (Å²) < 4.78 is 72.7. The number of hydrogen-bond acceptors (Lipinski definition) is 5. The quantitative estimate of drug-likeness (QED) is 0.407. The average molecular weight is 466 g/mol. The summed E-state index contributed by atoms with van der Waals surface area (Å²) in [6.45, 7) is 0.676. The molecule has 2 aromatic carbocycles. The van der Waals surface area contributed by atoms with Crippen LogP contribution in [-0.2, 0) is 14.6 Å². The molecule has 1 aliphatic heterocycles. The van der Waals surface area contributed by atoms with Gasteiger partial charge in [0.05, 0.1) is 28.0 Å². The highest BCUT2D eigenvalue weighted by Gasteiger charge is 2.60. The fourth-order valence-electron chi connectivity index (χ4n) is 5.36. The van der Waals surface area contributed by atoms with Crippen LogP contribution in [0.2, 0.25) is 0 Å². The van der Waals surface area contributed by atoms with Gasteiger partial charge in [0.2, 0.25) is 0 Å². The van der Waals surface area contributed by atoms with Crippen molar-refractivity contribution < 1.29 is 31.1 Å².